The molecule has 0 unspecified atom stereocenters. The van der Waals surface area contributed by atoms with Crippen LogP contribution in [-0.2, 0) is 20.7 Å². The maximum atomic E-state index is 12.0. The average molecular weight is 388 g/mol. The van der Waals surface area contributed by atoms with Crippen LogP contribution in [0.5, 0.6) is 0 Å². The lowest BCUT2D eigenvalue weighted by Gasteiger charge is -2.09. The number of fused-ring (bicyclic) bond motifs is 1. The van der Waals surface area contributed by atoms with Gasteiger partial charge in [0.15, 0.2) is 6.61 Å². The van der Waals surface area contributed by atoms with Crippen molar-refractivity contribution >= 4 is 51.5 Å². The number of halogens is 2. The molecule has 0 aliphatic heterocycles. The van der Waals surface area contributed by atoms with Gasteiger partial charge in [-0.1, -0.05) is 59.6 Å². The van der Waals surface area contributed by atoms with Crippen LogP contribution in [0.15, 0.2) is 60.7 Å². The topological polar surface area (TPSA) is 55.4 Å². The van der Waals surface area contributed by atoms with Crippen molar-refractivity contribution in [3.05, 3.63) is 76.3 Å². The summed E-state index contributed by atoms with van der Waals surface area (Å²) in [6, 6.07) is 18.4. The van der Waals surface area contributed by atoms with Crippen LogP contribution >= 0.6 is 23.2 Å². The van der Waals surface area contributed by atoms with Crippen molar-refractivity contribution in [2.75, 3.05) is 11.9 Å². The van der Waals surface area contributed by atoms with Crippen LogP contribution in [0.1, 0.15) is 5.56 Å². The maximum Gasteiger partial charge on any atom is 0.310 e. The molecule has 0 fully saturated rings. The molecule has 0 saturated carbocycles. The third-order valence-electron chi connectivity index (χ3n) is 3.78. The normalized spacial score (nSPS) is 10.5. The van der Waals surface area contributed by atoms with E-state index in [1.807, 2.05) is 36.4 Å². The fourth-order valence-corrected chi connectivity index (χ4v) is 3.04. The van der Waals surface area contributed by atoms with E-state index in [-0.39, 0.29) is 13.0 Å². The van der Waals surface area contributed by atoms with Gasteiger partial charge in [0.05, 0.1) is 6.42 Å². The van der Waals surface area contributed by atoms with E-state index >= 15 is 0 Å². The smallest absolute Gasteiger partial charge is 0.310 e. The lowest BCUT2D eigenvalue weighted by molar-refractivity contribution is -0.146. The SMILES string of the molecule is O=C(COC(=O)Cc1c(Cl)cccc1Cl)Nc1ccc2ccccc2c1. The molecule has 6 heteroatoms. The summed E-state index contributed by atoms with van der Waals surface area (Å²) in [6.45, 7) is -0.381. The minimum atomic E-state index is -0.575. The number of nitrogens with one attached hydrogen (secondary N) is 1. The Morgan fingerprint density at radius 1 is 0.885 bits per heavy atom. The van der Waals surface area contributed by atoms with Gasteiger partial charge >= 0.3 is 5.97 Å². The summed E-state index contributed by atoms with van der Waals surface area (Å²) in [6.07, 6.45) is -0.0955. The number of anilines is 1. The van der Waals surface area contributed by atoms with Gasteiger partial charge in [0.2, 0.25) is 0 Å². The first kappa shape index (κ1) is 18.2. The first-order valence-electron chi connectivity index (χ1n) is 7.90. The molecule has 1 amide bonds. The fraction of sp³-hybridized carbons (Fsp3) is 0.100. The molecular formula is C20H15Cl2NO3. The van der Waals surface area contributed by atoms with E-state index < -0.39 is 11.9 Å². The first-order valence-corrected chi connectivity index (χ1v) is 8.66. The number of rotatable bonds is 5. The maximum absolute atomic E-state index is 12.0. The molecular weight excluding hydrogens is 373 g/mol. The lowest BCUT2D eigenvalue weighted by atomic mass is 10.1. The highest BCUT2D eigenvalue weighted by Gasteiger charge is 2.13. The van der Waals surface area contributed by atoms with Gasteiger partial charge in [0.1, 0.15) is 0 Å². The second-order valence-electron chi connectivity index (χ2n) is 5.65. The second-order valence-corrected chi connectivity index (χ2v) is 6.46. The van der Waals surface area contributed by atoms with Crippen LogP contribution in [-0.4, -0.2) is 18.5 Å². The highest BCUT2D eigenvalue weighted by Crippen LogP contribution is 2.25. The number of esters is 1. The number of ether oxygens (including phenoxy) is 1. The van der Waals surface area contributed by atoms with Gasteiger partial charge in [0.25, 0.3) is 5.91 Å². The molecule has 0 radical (unpaired) electrons. The van der Waals surface area contributed by atoms with E-state index in [9.17, 15) is 9.59 Å². The molecule has 0 bridgehead atoms. The number of carbonyl (C=O) groups is 2. The number of carbonyl (C=O) groups excluding carboxylic acids is 2. The zero-order chi connectivity index (χ0) is 18.5. The zero-order valence-corrected chi connectivity index (χ0v) is 15.2. The Hall–Kier alpha value is -2.56. The van der Waals surface area contributed by atoms with E-state index in [1.165, 1.54) is 0 Å². The summed E-state index contributed by atoms with van der Waals surface area (Å²) < 4.78 is 5.01. The predicted molar refractivity (Wildman–Crippen MR) is 104 cm³/mol. The van der Waals surface area contributed by atoms with Gasteiger partial charge in [0, 0.05) is 21.3 Å². The van der Waals surface area contributed by atoms with Crippen LogP contribution in [0.2, 0.25) is 10.0 Å². The van der Waals surface area contributed by atoms with E-state index in [0.29, 0.717) is 21.3 Å². The van der Waals surface area contributed by atoms with Gasteiger partial charge < -0.3 is 10.1 Å². The number of hydrogen-bond donors (Lipinski definition) is 1. The molecule has 3 rings (SSSR count). The van der Waals surface area contributed by atoms with Crippen LogP contribution < -0.4 is 5.32 Å². The van der Waals surface area contributed by atoms with Gasteiger partial charge in [-0.15, -0.1) is 0 Å². The number of benzene rings is 3. The molecule has 0 heterocycles. The van der Waals surface area contributed by atoms with Crippen LogP contribution in [0, 0.1) is 0 Å². The van der Waals surface area contributed by atoms with E-state index in [0.717, 1.165) is 10.8 Å². The fourth-order valence-electron chi connectivity index (χ4n) is 2.51. The van der Waals surface area contributed by atoms with Crippen molar-refractivity contribution in [3.8, 4) is 0 Å². The van der Waals surface area contributed by atoms with Gasteiger partial charge in [-0.25, -0.2) is 0 Å². The number of hydrogen-bond acceptors (Lipinski definition) is 3. The third kappa shape index (κ3) is 4.54. The van der Waals surface area contributed by atoms with Crippen LogP contribution in [0.3, 0.4) is 0 Å². The second kappa shape index (κ2) is 8.21. The van der Waals surface area contributed by atoms with Crippen molar-refractivity contribution in [3.63, 3.8) is 0 Å². The van der Waals surface area contributed by atoms with Crippen molar-refractivity contribution in [2.24, 2.45) is 0 Å². The largest absolute Gasteiger partial charge is 0.455 e. The Morgan fingerprint density at radius 2 is 1.58 bits per heavy atom. The van der Waals surface area contributed by atoms with E-state index in [4.69, 9.17) is 27.9 Å². The van der Waals surface area contributed by atoms with Gasteiger partial charge in [-0.3, -0.25) is 9.59 Å². The summed E-state index contributed by atoms with van der Waals surface area (Å²) >= 11 is 12.0. The van der Waals surface area contributed by atoms with Crippen LogP contribution in [0.25, 0.3) is 10.8 Å². The highest BCUT2D eigenvalue weighted by atomic mass is 35.5. The molecule has 3 aromatic carbocycles. The predicted octanol–water partition coefficient (Wildman–Crippen LogP) is 4.87. The molecule has 26 heavy (non-hydrogen) atoms. The van der Waals surface area contributed by atoms with Crippen molar-refractivity contribution in [1.29, 1.82) is 0 Å². The van der Waals surface area contributed by atoms with Crippen molar-refractivity contribution in [2.45, 2.75) is 6.42 Å². The Balaban J connectivity index is 1.55. The standard InChI is InChI=1S/C20H15Cl2NO3/c21-17-6-3-7-18(22)16(17)11-20(25)26-12-19(24)23-15-9-8-13-4-1-2-5-14(13)10-15/h1-10H,11-12H2,(H,23,24). The monoisotopic (exact) mass is 387 g/mol. The first-order chi connectivity index (χ1) is 12.5. The molecule has 0 aliphatic carbocycles. The average Bonchev–Trinajstić information content (AvgIpc) is 2.63. The third-order valence-corrected chi connectivity index (χ3v) is 4.49. The van der Waals surface area contributed by atoms with Crippen LogP contribution in [0.4, 0.5) is 5.69 Å². The summed E-state index contributed by atoms with van der Waals surface area (Å²) in [7, 11) is 0. The highest BCUT2D eigenvalue weighted by molar-refractivity contribution is 6.36. The molecule has 0 spiro atoms. The molecule has 1 N–H and O–H groups in total. The van der Waals surface area contributed by atoms with Crippen molar-refractivity contribution < 1.29 is 14.3 Å². The van der Waals surface area contributed by atoms with Crippen molar-refractivity contribution in [1.82, 2.24) is 0 Å². The molecule has 0 aromatic heterocycles. The quantitative estimate of drug-likeness (QED) is 0.635. The van der Waals surface area contributed by atoms with E-state index in [1.54, 1.807) is 24.3 Å². The zero-order valence-electron chi connectivity index (χ0n) is 13.7. The number of amides is 1. The Kier molecular flexibility index (Phi) is 5.76. The van der Waals surface area contributed by atoms with Gasteiger partial charge in [-0.05, 0) is 35.0 Å². The molecule has 0 atom stereocenters. The summed E-state index contributed by atoms with van der Waals surface area (Å²) in [5.41, 5.74) is 1.12. The minimum absolute atomic E-state index is 0.0955. The summed E-state index contributed by atoms with van der Waals surface area (Å²) in [5.74, 6) is -0.993. The summed E-state index contributed by atoms with van der Waals surface area (Å²) in [4.78, 5) is 23.9. The molecule has 0 aliphatic rings. The molecule has 0 saturated heterocycles. The Morgan fingerprint density at radius 3 is 2.31 bits per heavy atom. The Labute approximate surface area is 160 Å². The molecule has 132 valence electrons. The molecule has 4 nitrogen and oxygen atoms in total. The molecule has 3 aromatic rings. The Bertz CT molecular complexity index is 952. The van der Waals surface area contributed by atoms with Gasteiger partial charge in [-0.2, -0.15) is 0 Å². The lowest BCUT2D eigenvalue weighted by Crippen LogP contribution is -2.21. The van der Waals surface area contributed by atoms with E-state index in [2.05, 4.69) is 5.32 Å². The summed E-state index contributed by atoms with van der Waals surface area (Å²) in [5, 5.41) is 5.56. The minimum Gasteiger partial charge on any atom is -0.455 e.